The highest BCUT2D eigenvalue weighted by atomic mass is 35.5. The smallest absolute Gasteiger partial charge is 0.439 e. The van der Waals surface area contributed by atoms with E-state index in [4.69, 9.17) is 25.5 Å². The summed E-state index contributed by atoms with van der Waals surface area (Å²) in [5, 5.41) is 0. The van der Waals surface area contributed by atoms with Gasteiger partial charge in [0.15, 0.2) is 16.8 Å². The van der Waals surface area contributed by atoms with Crippen LogP contribution in [0.1, 0.15) is 26.7 Å². The molecule has 0 aliphatic carbocycles. The van der Waals surface area contributed by atoms with Gasteiger partial charge in [-0.2, -0.15) is 0 Å². The van der Waals surface area contributed by atoms with Crippen molar-refractivity contribution in [2.24, 2.45) is 0 Å². The first-order valence-corrected chi connectivity index (χ1v) is 6.28. The average molecular weight is 284 g/mol. The molecule has 0 spiro atoms. The zero-order chi connectivity index (χ0) is 14.0. The molecule has 0 unspecified atom stereocenters. The van der Waals surface area contributed by atoms with Crippen molar-refractivity contribution >= 4 is 28.9 Å². The minimum atomic E-state index is -0.782. The zero-order valence-electron chi connectivity index (χ0n) is 10.9. The van der Waals surface area contributed by atoms with Crippen LogP contribution in [0.25, 0.3) is 11.1 Å². The van der Waals surface area contributed by atoms with E-state index in [9.17, 15) is 4.79 Å². The predicted octanol–water partition coefficient (Wildman–Crippen LogP) is 3.88. The molecule has 19 heavy (non-hydrogen) atoms. The lowest BCUT2D eigenvalue weighted by Crippen LogP contribution is -2.26. The summed E-state index contributed by atoms with van der Waals surface area (Å²) in [7, 11) is 0. The van der Waals surface area contributed by atoms with Gasteiger partial charge < -0.3 is 13.9 Å². The van der Waals surface area contributed by atoms with E-state index >= 15 is 0 Å². The van der Waals surface area contributed by atoms with Crippen LogP contribution in [0.4, 0.5) is 4.79 Å². The molecule has 0 saturated carbocycles. The lowest BCUT2D eigenvalue weighted by Gasteiger charge is -2.18. The first-order chi connectivity index (χ1) is 8.89. The molecule has 0 N–H and O–H groups in total. The second-order valence-electron chi connectivity index (χ2n) is 4.91. The quantitative estimate of drug-likeness (QED) is 0.475. The Morgan fingerprint density at radius 3 is 2.79 bits per heavy atom. The van der Waals surface area contributed by atoms with Crippen molar-refractivity contribution < 1.29 is 18.7 Å². The molecule has 0 radical (unpaired) electrons. The van der Waals surface area contributed by atoms with Crippen LogP contribution in [-0.4, -0.2) is 16.7 Å². The highest BCUT2D eigenvalue weighted by molar-refractivity contribution is 6.16. The summed E-state index contributed by atoms with van der Waals surface area (Å²) in [5.41, 5.74) is 0.344. The van der Waals surface area contributed by atoms with Crippen LogP contribution in [0.3, 0.4) is 0 Å². The van der Waals surface area contributed by atoms with E-state index in [1.54, 1.807) is 39.0 Å². The van der Waals surface area contributed by atoms with Crippen LogP contribution >= 0.6 is 11.6 Å². The van der Waals surface area contributed by atoms with Gasteiger partial charge in [0.2, 0.25) is 5.89 Å². The number of rotatable bonds is 2. The van der Waals surface area contributed by atoms with Gasteiger partial charge in [-0.3, -0.25) is 0 Å². The summed E-state index contributed by atoms with van der Waals surface area (Å²) >= 11 is 5.65. The maximum atomic E-state index is 11.6. The Morgan fingerprint density at radius 2 is 2.16 bits per heavy atom. The predicted molar refractivity (Wildman–Crippen MR) is 70.4 cm³/mol. The van der Waals surface area contributed by atoms with Gasteiger partial charge in [0.05, 0.1) is 5.88 Å². The molecule has 0 saturated heterocycles. The summed E-state index contributed by atoms with van der Waals surface area (Å²) in [4.78, 5) is 15.8. The third kappa shape index (κ3) is 3.38. The first kappa shape index (κ1) is 13.7. The van der Waals surface area contributed by atoms with E-state index in [1.807, 2.05) is 0 Å². The van der Waals surface area contributed by atoms with Crippen LogP contribution < -0.4 is 4.74 Å². The molecule has 1 aromatic heterocycles. The summed E-state index contributed by atoms with van der Waals surface area (Å²) in [6.45, 7) is 5.28. The van der Waals surface area contributed by atoms with Gasteiger partial charge in [-0.05, 0) is 32.9 Å². The van der Waals surface area contributed by atoms with Crippen molar-refractivity contribution in [3.05, 3.63) is 24.1 Å². The minimum absolute atomic E-state index is 0.153. The molecule has 1 aromatic carbocycles. The number of fused-ring (bicyclic) bond motifs is 1. The normalized spacial score (nSPS) is 11.6. The van der Waals surface area contributed by atoms with E-state index in [0.29, 0.717) is 17.0 Å². The number of aromatic nitrogens is 1. The standard InChI is InChI=1S/C13H14ClNO4/c1-13(2,3)19-12(16)18-9-6-4-5-8-11(9)15-10(7-14)17-8/h4-6H,7H2,1-3H3. The van der Waals surface area contributed by atoms with E-state index in [1.165, 1.54) is 0 Å². The van der Waals surface area contributed by atoms with Crippen molar-refractivity contribution in [2.75, 3.05) is 0 Å². The Bertz CT molecular complexity index is 600. The van der Waals surface area contributed by atoms with E-state index in [2.05, 4.69) is 4.98 Å². The number of nitrogens with zero attached hydrogens (tertiary/aromatic N) is 1. The molecule has 0 fully saturated rings. The maximum Gasteiger partial charge on any atom is 0.514 e. The number of carbonyl (C=O) groups is 1. The van der Waals surface area contributed by atoms with Crippen LogP contribution in [0.2, 0.25) is 0 Å². The number of halogens is 1. The lowest BCUT2D eigenvalue weighted by atomic mass is 10.2. The van der Waals surface area contributed by atoms with Gasteiger partial charge in [0, 0.05) is 0 Å². The van der Waals surface area contributed by atoms with Crippen LogP contribution in [0.15, 0.2) is 22.6 Å². The Hall–Kier alpha value is -1.75. The Kier molecular flexibility index (Phi) is 3.66. The monoisotopic (exact) mass is 283 g/mol. The first-order valence-electron chi connectivity index (χ1n) is 5.74. The van der Waals surface area contributed by atoms with Gasteiger partial charge in [0.25, 0.3) is 0 Å². The van der Waals surface area contributed by atoms with Gasteiger partial charge in [-0.15, -0.1) is 11.6 Å². The van der Waals surface area contributed by atoms with Crippen molar-refractivity contribution in [2.45, 2.75) is 32.3 Å². The number of carbonyl (C=O) groups excluding carboxylic acids is 1. The van der Waals surface area contributed by atoms with Gasteiger partial charge >= 0.3 is 6.16 Å². The molecule has 1 heterocycles. The zero-order valence-corrected chi connectivity index (χ0v) is 11.7. The number of ether oxygens (including phenoxy) is 2. The molecular formula is C13H14ClNO4. The summed E-state index contributed by atoms with van der Waals surface area (Å²) in [6.07, 6.45) is -0.782. The summed E-state index contributed by atoms with van der Waals surface area (Å²) in [6, 6.07) is 5.04. The molecule has 0 aliphatic rings. The maximum absolute atomic E-state index is 11.6. The number of alkyl halides is 1. The number of benzene rings is 1. The molecule has 0 amide bonds. The van der Waals surface area contributed by atoms with Crippen molar-refractivity contribution in [3.8, 4) is 5.75 Å². The lowest BCUT2D eigenvalue weighted by molar-refractivity contribution is 0.0209. The van der Waals surface area contributed by atoms with E-state index < -0.39 is 11.8 Å². The number of oxazole rings is 1. The molecular weight excluding hydrogens is 270 g/mol. The van der Waals surface area contributed by atoms with E-state index in [0.717, 1.165) is 0 Å². The van der Waals surface area contributed by atoms with Gasteiger partial charge in [0.1, 0.15) is 5.60 Å². The fraction of sp³-hybridized carbons (Fsp3) is 0.385. The molecule has 2 aromatic rings. The molecule has 6 heteroatoms. The van der Waals surface area contributed by atoms with Crippen molar-refractivity contribution in [1.29, 1.82) is 0 Å². The van der Waals surface area contributed by atoms with Crippen molar-refractivity contribution in [1.82, 2.24) is 4.98 Å². The number of hydrogen-bond donors (Lipinski definition) is 0. The topological polar surface area (TPSA) is 61.6 Å². The molecule has 0 bridgehead atoms. The van der Waals surface area contributed by atoms with Gasteiger partial charge in [-0.25, -0.2) is 9.78 Å². The van der Waals surface area contributed by atoms with Crippen LogP contribution in [0.5, 0.6) is 5.75 Å². The number of para-hydroxylation sites is 1. The van der Waals surface area contributed by atoms with Gasteiger partial charge in [-0.1, -0.05) is 6.07 Å². The highest BCUT2D eigenvalue weighted by Gasteiger charge is 2.20. The average Bonchev–Trinajstić information content (AvgIpc) is 2.70. The third-order valence-corrected chi connectivity index (χ3v) is 2.35. The summed E-state index contributed by atoms with van der Waals surface area (Å²) < 4.78 is 15.6. The molecule has 102 valence electrons. The molecule has 0 aliphatic heterocycles. The molecule has 5 nitrogen and oxygen atoms in total. The number of hydrogen-bond acceptors (Lipinski definition) is 5. The van der Waals surface area contributed by atoms with Crippen molar-refractivity contribution in [3.63, 3.8) is 0 Å². The fourth-order valence-corrected chi connectivity index (χ4v) is 1.58. The largest absolute Gasteiger partial charge is 0.514 e. The third-order valence-electron chi connectivity index (χ3n) is 2.12. The Morgan fingerprint density at radius 1 is 1.42 bits per heavy atom. The van der Waals surface area contributed by atoms with Crippen LogP contribution in [0, 0.1) is 0 Å². The summed E-state index contributed by atoms with van der Waals surface area (Å²) in [5.74, 6) is 0.810. The minimum Gasteiger partial charge on any atom is -0.439 e. The van der Waals surface area contributed by atoms with E-state index in [-0.39, 0.29) is 11.6 Å². The molecule has 2 rings (SSSR count). The SMILES string of the molecule is CC(C)(C)OC(=O)Oc1cccc2oc(CCl)nc12. The van der Waals surface area contributed by atoms with Crippen LogP contribution in [-0.2, 0) is 10.6 Å². The highest BCUT2D eigenvalue weighted by Crippen LogP contribution is 2.27. The Balaban J connectivity index is 2.25. The fourth-order valence-electron chi connectivity index (χ4n) is 1.47. The second-order valence-corrected chi connectivity index (χ2v) is 5.18. The Labute approximate surface area is 115 Å². The molecule has 0 atom stereocenters. The second kappa shape index (κ2) is 5.09.